The number of rotatable bonds is 4. The van der Waals surface area contributed by atoms with Crippen LogP contribution in [-0.2, 0) is 17.8 Å². The molecule has 0 unspecified atom stereocenters. The van der Waals surface area contributed by atoms with E-state index in [0.29, 0.717) is 41.5 Å². The number of allylic oxidation sites excluding steroid dienone is 5. The molecule has 0 saturated carbocycles. The summed E-state index contributed by atoms with van der Waals surface area (Å²) in [5.74, 6) is -0.269. The quantitative estimate of drug-likeness (QED) is 0.518. The minimum atomic E-state index is -0.699. The molecule has 7 nitrogen and oxygen atoms in total. The van der Waals surface area contributed by atoms with Crippen LogP contribution in [0.3, 0.4) is 0 Å². The highest BCUT2D eigenvalue weighted by atomic mass is 35.5. The summed E-state index contributed by atoms with van der Waals surface area (Å²) in [5.41, 5.74) is 3.89. The zero-order valence-electron chi connectivity index (χ0n) is 19.9. The van der Waals surface area contributed by atoms with Gasteiger partial charge < -0.3 is 15.5 Å². The van der Waals surface area contributed by atoms with Crippen molar-refractivity contribution in [3.8, 4) is 0 Å². The average Bonchev–Trinajstić information content (AvgIpc) is 3.15. The highest BCUT2D eigenvalue weighted by Crippen LogP contribution is 2.25. The second-order valence-electron chi connectivity index (χ2n) is 8.84. The summed E-state index contributed by atoms with van der Waals surface area (Å²) < 4.78 is 1.54. The van der Waals surface area contributed by atoms with E-state index in [9.17, 15) is 14.4 Å². The first-order valence-electron chi connectivity index (χ1n) is 11.9. The lowest BCUT2D eigenvalue weighted by atomic mass is 9.93. The number of benzene rings is 2. The van der Waals surface area contributed by atoms with Crippen molar-refractivity contribution in [3.63, 3.8) is 0 Å². The summed E-state index contributed by atoms with van der Waals surface area (Å²) in [6, 6.07) is 18.6. The molecule has 0 bridgehead atoms. The topological polar surface area (TPSA) is 83.4 Å². The second kappa shape index (κ2) is 10.7. The molecule has 1 aromatic heterocycles. The Morgan fingerprint density at radius 1 is 0.892 bits per heavy atom. The highest BCUT2D eigenvalue weighted by Gasteiger charge is 2.35. The van der Waals surface area contributed by atoms with Gasteiger partial charge in [-0.2, -0.15) is 0 Å². The lowest BCUT2D eigenvalue weighted by Gasteiger charge is -2.36. The Labute approximate surface area is 219 Å². The predicted octanol–water partition coefficient (Wildman–Crippen LogP) is 4.96. The van der Waals surface area contributed by atoms with Crippen molar-refractivity contribution in [1.82, 2.24) is 14.8 Å². The fraction of sp³-hybridized carbons (Fsp3) is 0.138. The first kappa shape index (κ1) is 24.3. The Bertz CT molecular complexity index is 1490. The van der Waals surface area contributed by atoms with Crippen LogP contribution in [0.1, 0.15) is 17.5 Å². The molecule has 2 N–H and O–H groups in total. The van der Waals surface area contributed by atoms with E-state index in [0.717, 1.165) is 11.1 Å². The van der Waals surface area contributed by atoms with Crippen LogP contribution in [0.25, 0.3) is 5.70 Å². The van der Waals surface area contributed by atoms with Gasteiger partial charge in [0.1, 0.15) is 6.04 Å². The van der Waals surface area contributed by atoms with Gasteiger partial charge in [0.15, 0.2) is 0 Å². The maximum atomic E-state index is 13.5. The molecule has 1 aliphatic heterocycles. The number of pyridine rings is 1. The van der Waals surface area contributed by atoms with E-state index >= 15 is 0 Å². The number of halogens is 1. The van der Waals surface area contributed by atoms with E-state index in [1.807, 2.05) is 36.4 Å². The minimum absolute atomic E-state index is 0.137. The van der Waals surface area contributed by atoms with Crippen molar-refractivity contribution in [1.29, 1.82) is 0 Å². The minimum Gasteiger partial charge on any atom is -0.328 e. The molecule has 37 heavy (non-hydrogen) atoms. The van der Waals surface area contributed by atoms with Gasteiger partial charge in [0, 0.05) is 53.8 Å². The summed E-state index contributed by atoms with van der Waals surface area (Å²) in [6.07, 6.45) is 9.91. The van der Waals surface area contributed by atoms with Gasteiger partial charge in [-0.1, -0.05) is 48.0 Å². The van der Waals surface area contributed by atoms with Crippen molar-refractivity contribution in [2.24, 2.45) is 0 Å². The van der Waals surface area contributed by atoms with Gasteiger partial charge in [0.25, 0.3) is 5.56 Å². The van der Waals surface area contributed by atoms with E-state index in [1.54, 1.807) is 64.2 Å². The molecule has 0 saturated heterocycles. The zero-order chi connectivity index (χ0) is 25.8. The van der Waals surface area contributed by atoms with E-state index in [-0.39, 0.29) is 17.5 Å². The number of carbonyl (C=O) groups is 2. The maximum absolute atomic E-state index is 13.5. The number of urea groups is 1. The molecule has 186 valence electrons. The summed E-state index contributed by atoms with van der Waals surface area (Å²) in [7, 11) is 0. The Morgan fingerprint density at radius 2 is 1.65 bits per heavy atom. The summed E-state index contributed by atoms with van der Waals surface area (Å²) in [5, 5.41) is 6.45. The largest absolute Gasteiger partial charge is 0.328 e. The molecule has 1 aliphatic carbocycles. The third-order valence-corrected chi connectivity index (χ3v) is 6.63. The zero-order valence-corrected chi connectivity index (χ0v) is 20.7. The number of nitrogens with one attached hydrogen (secondary N) is 2. The standard InChI is InChI=1S/C29H25ClN4O3/c30-22-11-13-24(14-12-22)32-29(37)34-19-21-7-2-1-6-20(21)18-26(34)28(36)31-23-8-5-9-25(16-15-23)33-17-4-3-10-27(33)35/h1-7,9-17,26H,8,18-19H2,(H,31,36)(H,32,37)/t26-/m0/s1. The number of hydrogen-bond donors (Lipinski definition) is 2. The van der Waals surface area contributed by atoms with Crippen LogP contribution in [0, 0.1) is 0 Å². The van der Waals surface area contributed by atoms with Crippen LogP contribution in [0.15, 0.2) is 108 Å². The van der Waals surface area contributed by atoms with E-state index in [4.69, 9.17) is 11.6 Å². The van der Waals surface area contributed by atoms with Crippen LogP contribution >= 0.6 is 11.6 Å². The van der Waals surface area contributed by atoms with Crippen LogP contribution < -0.4 is 16.2 Å². The fourth-order valence-electron chi connectivity index (χ4n) is 4.45. The number of aromatic nitrogens is 1. The molecular weight excluding hydrogens is 488 g/mol. The maximum Gasteiger partial charge on any atom is 0.322 e. The van der Waals surface area contributed by atoms with Gasteiger partial charge in [-0.15, -0.1) is 0 Å². The van der Waals surface area contributed by atoms with Crippen molar-refractivity contribution >= 4 is 34.9 Å². The summed E-state index contributed by atoms with van der Waals surface area (Å²) in [4.78, 5) is 40.6. The third kappa shape index (κ3) is 5.57. The molecule has 2 aromatic carbocycles. The first-order valence-corrected chi connectivity index (χ1v) is 12.3. The average molecular weight is 513 g/mol. The monoisotopic (exact) mass is 512 g/mol. The smallest absolute Gasteiger partial charge is 0.322 e. The first-order chi connectivity index (χ1) is 18.0. The molecule has 0 radical (unpaired) electrons. The molecule has 1 atom stereocenters. The Morgan fingerprint density at radius 3 is 2.43 bits per heavy atom. The van der Waals surface area contributed by atoms with Gasteiger partial charge in [-0.05, 0) is 59.7 Å². The molecule has 8 heteroatoms. The van der Waals surface area contributed by atoms with Crippen molar-refractivity contribution in [2.45, 2.75) is 25.4 Å². The lowest BCUT2D eigenvalue weighted by molar-refractivity contribution is -0.125. The summed E-state index contributed by atoms with van der Waals surface area (Å²) in [6.45, 7) is 0.313. The number of hydrogen-bond acceptors (Lipinski definition) is 3. The third-order valence-electron chi connectivity index (χ3n) is 6.37. The number of amides is 3. The van der Waals surface area contributed by atoms with Crippen LogP contribution in [0.4, 0.5) is 10.5 Å². The van der Waals surface area contributed by atoms with Crippen molar-refractivity contribution < 1.29 is 9.59 Å². The fourth-order valence-corrected chi connectivity index (χ4v) is 4.58. The Kier molecular flexibility index (Phi) is 7.05. The molecule has 0 spiro atoms. The molecule has 0 fully saturated rings. The molecule has 3 aromatic rings. The second-order valence-corrected chi connectivity index (χ2v) is 9.28. The van der Waals surface area contributed by atoms with Crippen molar-refractivity contribution in [3.05, 3.63) is 129 Å². The summed E-state index contributed by atoms with van der Waals surface area (Å²) >= 11 is 5.97. The normalized spacial score (nSPS) is 16.7. The van der Waals surface area contributed by atoms with Crippen LogP contribution in [-0.4, -0.2) is 27.4 Å². The predicted molar refractivity (Wildman–Crippen MR) is 145 cm³/mol. The van der Waals surface area contributed by atoms with E-state index < -0.39 is 6.04 Å². The molecular formula is C29H25ClN4O3. The van der Waals surface area contributed by atoms with Gasteiger partial charge in [0.2, 0.25) is 5.91 Å². The molecule has 2 aliphatic rings. The van der Waals surface area contributed by atoms with Crippen LogP contribution in [0.2, 0.25) is 5.02 Å². The number of carbonyl (C=O) groups excluding carboxylic acids is 2. The SMILES string of the molecule is O=C(NC1=CC=C(n2ccccc2=O)C=CC1)[C@@H]1Cc2ccccc2CN1C(=O)Nc1ccc(Cl)cc1. The molecule has 3 amide bonds. The van der Waals surface area contributed by atoms with Gasteiger partial charge in [0.05, 0.1) is 0 Å². The van der Waals surface area contributed by atoms with Gasteiger partial charge >= 0.3 is 6.03 Å². The molecule has 2 heterocycles. The Balaban J connectivity index is 1.37. The Hall–Kier alpha value is -4.36. The van der Waals surface area contributed by atoms with E-state index in [1.165, 1.54) is 6.07 Å². The van der Waals surface area contributed by atoms with Crippen LogP contribution in [0.5, 0.6) is 0 Å². The number of fused-ring (bicyclic) bond motifs is 1. The number of nitrogens with zero attached hydrogens (tertiary/aromatic N) is 2. The number of anilines is 1. The van der Waals surface area contributed by atoms with Gasteiger partial charge in [-0.25, -0.2) is 4.79 Å². The van der Waals surface area contributed by atoms with Crippen molar-refractivity contribution in [2.75, 3.05) is 5.32 Å². The highest BCUT2D eigenvalue weighted by molar-refractivity contribution is 6.30. The lowest BCUT2D eigenvalue weighted by Crippen LogP contribution is -2.53. The van der Waals surface area contributed by atoms with E-state index in [2.05, 4.69) is 10.6 Å². The van der Waals surface area contributed by atoms with Gasteiger partial charge in [-0.3, -0.25) is 14.2 Å². The molecule has 5 rings (SSSR count).